The maximum absolute atomic E-state index is 5.73. The van der Waals surface area contributed by atoms with Gasteiger partial charge in [-0.1, -0.05) is 18.5 Å². The molecule has 3 nitrogen and oxygen atoms in total. The Morgan fingerprint density at radius 3 is 2.80 bits per heavy atom. The number of hydrogen-bond donors (Lipinski definition) is 1. The molecule has 56 valence electrons. The van der Waals surface area contributed by atoms with Crippen LogP contribution in [0.25, 0.3) is 0 Å². The molecule has 0 aromatic carbocycles. The van der Waals surface area contributed by atoms with Crippen molar-refractivity contribution >= 4 is 11.6 Å². The van der Waals surface area contributed by atoms with Crippen LogP contribution in [0.5, 0.6) is 5.88 Å². The van der Waals surface area contributed by atoms with Gasteiger partial charge in [-0.05, 0) is 6.42 Å². The summed E-state index contributed by atoms with van der Waals surface area (Å²) in [6.07, 6.45) is 0.832. The number of H-pyrrole nitrogens is 1. The average Bonchev–Trinajstić information content (AvgIpc) is 2.30. The second kappa shape index (κ2) is 2.92. The number of nitrogens with one attached hydrogen (secondary N) is 1. The molecule has 0 aliphatic rings. The standard InChI is InChI=1S/C6H9ClN2O/c1-3-4-5(7)8-9-6(4)10-2/h3H2,1-2H3,(H,8,9). The van der Waals surface area contributed by atoms with Gasteiger partial charge in [-0.3, -0.25) is 5.10 Å². The first-order chi connectivity index (χ1) is 4.79. The van der Waals surface area contributed by atoms with Gasteiger partial charge in [0.15, 0.2) is 0 Å². The minimum atomic E-state index is 0.569. The minimum absolute atomic E-state index is 0.569. The largest absolute Gasteiger partial charge is 0.480 e. The van der Waals surface area contributed by atoms with E-state index in [1.807, 2.05) is 6.92 Å². The lowest BCUT2D eigenvalue weighted by Crippen LogP contribution is -1.86. The molecule has 0 unspecified atom stereocenters. The Morgan fingerprint density at radius 2 is 2.40 bits per heavy atom. The third-order valence-electron chi connectivity index (χ3n) is 1.33. The normalized spacial score (nSPS) is 9.90. The molecular weight excluding hydrogens is 152 g/mol. The van der Waals surface area contributed by atoms with Crippen molar-refractivity contribution in [3.63, 3.8) is 0 Å². The lowest BCUT2D eigenvalue weighted by molar-refractivity contribution is 0.393. The Bertz CT molecular complexity index is 222. The monoisotopic (exact) mass is 160 g/mol. The zero-order chi connectivity index (χ0) is 7.56. The SMILES string of the molecule is CCc1c(OC)n[nH]c1Cl. The molecule has 1 rings (SSSR count). The first kappa shape index (κ1) is 7.41. The molecule has 10 heavy (non-hydrogen) atoms. The van der Waals surface area contributed by atoms with Crippen LogP contribution in [0, 0.1) is 0 Å². The van der Waals surface area contributed by atoms with Crippen molar-refractivity contribution in [2.75, 3.05) is 7.11 Å². The molecule has 0 saturated carbocycles. The van der Waals surface area contributed by atoms with Crippen LogP contribution in [0.1, 0.15) is 12.5 Å². The quantitative estimate of drug-likeness (QED) is 0.714. The zero-order valence-corrected chi connectivity index (χ0v) is 6.70. The third kappa shape index (κ3) is 1.09. The van der Waals surface area contributed by atoms with Crippen LogP contribution in [0.3, 0.4) is 0 Å². The molecule has 4 heteroatoms. The molecule has 1 heterocycles. The van der Waals surface area contributed by atoms with Gasteiger partial charge in [-0.15, -0.1) is 5.10 Å². The van der Waals surface area contributed by atoms with E-state index in [9.17, 15) is 0 Å². The maximum atomic E-state index is 5.73. The van der Waals surface area contributed by atoms with Crippen LogP contribution < -0.4 is 4.74 Å². The van der Waals surface area contributed by atoms with E-state index in [2.05, 4.69) is 10.2 Å². The van der Waals surface area contributed by atoms with E-state index in [-0.39, 0.29) is 0 Å². The molecule has 0 fully saturated rings. The lowest BCUT2D eigenvalue weighted by atomic mass is 10.3. The average molecular weight is 161 g/mol. The second-order valence-electron chi connectivity index (χ2n) is 1.88. The van der Waals surface area contributed by atoms with Crippen molar-refractivity contribution in [3.8, 4) is 5.88 Å². The van der Waals surface area contributed by atoms with Gasteiger partial charge in [-0.25, -0.2) is 0 Å². The van der Waals surface area contributed by atoms with Gasteiger partial charge >= 0.3 is 0 Å². The zero-order valence-electron chi connectivity index (χ0n) is 5.94. The minimum Gasteiger partial charge on any atom is -0.480 e. The fourth-order valence-electron chi connectivity index (χ4n) is 0.804. The van der Waals surface area contributed by atoms with Crippen molar-refractivity contribution in [1.82, 2.24) is 10.2 Å². The Labute approximate surface area is 64.3 Å². The number of halogens is 1. The topological polar surface area (TPSA) is 37.9 Å². The number of aromatic amines is 1. The van der Waals surface area contributed by atoms with Gasteiger partial charge in [0.25, 0.3) is 0 Å². The predicted molar refractivity (Wildman–Crippen MR) is 39.5 cm³/mol. The number of rotatable bonds is 2. The summed E-state index contributed by atoms with van der Waals surface area (Å²) in [4.78, 5) is 0. The van der Waals surface area contributed by atoms with E-state index in [0.29, 0.717) is 11.0 Å². The van der Waals surface area contributed by atoms with Crippen LogP contribution in [0.15, 0.2) is 0 Å². The number of hydrogen-bond acceptors (Lipinski definition) is 2. The fraction of sp³-hybridized carbons (Fsp3) is 0.500. The number of methoxy groups -OCH3 is 1. The maximum Gasteiger partial charge on any atom is 0.237 e. The van der Waals surface area contributed by atoms with E-state index in [1.165, 1.54) is 0 Å². The van der Waals surface area contributed by atoms with Crippen molar-refractivity contribution in [1.29, 1.82) is 0 Å². The summed E-state index contributed by atoms with van der Waals surface area (Å²) in [5.41, 5.74) is 0.934. The van der Waals surface area contributed by atoms with Crippen molar-refractivity contribution in [2.24, 2.45) is 0 Å². The van der Waals surface area contributed by atoms with Gasteiger partial charge in [0.2, 0.25) is 5.88 Å². The smallest absolute Gasteiger partial charge is 0.237 e. The Balaban J connectivity index is 3.01. The molecule has 0 aliphatic carbocycles. The van der Waals surface area contributed by atoms with Gasteiger partial charge in [0.1, 0.15) is 5.15 Å². The van der Waals surface area contributed by atoms with Crippen molar-refractivity contribution in [3.05, 3.63) is 10.7 Å². The van der Waals surface area contributed by atoms with E-state index < -0.39 is 0 Å². The van der Waals surface area contributed by atoms with Crippen LogP contribution in [-0.2, 0) is 6.42 Å². The van der Waals surface area contributed by atoms with Gasteiger partial charge < -0.3 is 4.74 Å². The summed E-state index contributed by atoms with van der Waals surface area (Å²) in [7, 11) is 1.58. The van der Waals surface area contributed by atoms with Crippen molar-refractivity contribution < 1.29 is 4.74 Å². The van der Waals surface area contributed by atoms with Crippen LogP contribution in [0.4, 0.5) is 0 Å². The molecule has 0 radical (unpaired) electrons. The summed E-state index contributed by atoms with van der Waals surface area (Å²) < 4.78 is 4.93. The number of nitrogens with zero attached hydrogens (tertiary/aromatic N) is 1. The summed E-state index contributed by atoms with van der Waals surface area (Å²) in [5.74, 6) is 0.590. The molecule has 0 bridgehead atoms. The van der Waals surface area contributed by atoms with Gasteiger partial charge in [0.05, 0.1) is 12.7 Å². The fourth-order valence-corrected chi connectivity index (χ4v) is 1.06. The molecule has 1 N–H and O–H groups in total. The molecule has 1 aromatic rings. The Hall–Kier alpha value is -0.700. The summed E-state index contributed by atoms with van der Waals surface area (Å²) >= 11 is 5.73. The van der Waals surface area contributed by atoms with E-state index in [1.54, 1.807) is 7.11 Å². The molecule has 0 amide bonds. The second-order valence-corrected chi connectivity index (χ2v) is 2.26. The molecule has 0 spiro atoms. The highest BCUT2D eigenvalue weighted by atomic mass is 35.5. The van der Waals surface area contributed by atoms with Gasteiger partial charge in [0, 0.05) is 0 Å². The van der Waals surface area contributed by atoms with Gasteiger partial charge in [-0.2, -0.15) is 0 Å². The summed E-state index contributed by atoms with van der Waals surface area (Å²) in [6, 6.07) is 0. The van der Waals surface area contributed by atoms with E-state index in [0.717, 1.165) is 12.0 Å². The summed E-state index contributed by atoms with van der Waals surface area (Å²) in [6.45, 7) is 2.00. The van der Waals surface area contributed by atoms with Crippen molar-refractivity contribution in [2.45, 2.75) is 13.3 Å². The predicted octanol–water partition coefficient (Wildman–Crippen LogP) is 1.63. The lowest BCUT2D eigenvalue weighted by Gasteiger charge is -1.95. The van der Waals surface area contributed by atoms with Crippen LogP contribution in [-0.4, -0.2) is 17.3 Å². The highest BCUT2D eigenvalue weighted by Crippen LogP contribution is 2.22. The third-order valence-corrected chi connectivity index (χ3v) is 1.64. The number of aromatic nitrogens is 2. The molecule has 0 saturated heterocycles. The Kier molecular flexibility index (Phi) is 2.17. The molecule has 0 atom stereocenters. The van der Waals surface area contributed by atoms with Crippen LogP contribution in [0.2, 0.25) is 5.15 Å². The van der Waals surface area contributed by atoms with Crippen LogP contribution >= 0.6 is 11.6 Å². The molecule has 0 aliphatic heterocycles. The van der Waals surface area contributed by atoms with E-state index in [4.69, 9.17) is 16.3 Å². The first-order valence-electron chi connectivity index (χ1n) is 3.06. The molecular formula is C6H9ClN2O. The first-order valence-corrected chi connectivity index (χ1v) is 3.44. The summed E-state index contributed by atoms with van der Waals surface area (Å²) in [5, 5.41) is 7.02. The number of ether oxygens (including phenoxy) is 1. The Morgan fingerprint density at radius 1 is 1.70 bits per heavy atom. The van der Waals surface area contributed by atoms with E-state index >= 15 is 0 Å². The highest BCUT2D eigenvalue weighted by Gasteiger charge is 2.08. The molecule has 1 aromatic heterocycles. The highest BCUT2D eigenvalue weighted by molar-refractivity contribution is 6.30.